The zero-order chi connectivity index (χ0) is 3.58. The summed E-state index contributed by atoms with van der Waals surface area (Å²) in [6, 6.07) is 0. The minimum absolute atomic E-state index is 0. The summed E-state index contributed by atoms with van der Waals surface area (Å²) in [6.45, 7) is 0.972. The standard InChI is InChI=1S/C2H4O2.Nd.4H2O/c1-2(3)4;;;;;/h1H3,(H,3,4);;4*1H2/q;+3;;;;/p-1. The predicted molar refractivity (Wildman–Crippen MR) is 25.1 cm³/mol. The molecule has 0 saturated heterocycles. The van der Waals surface area contributed by atoms with Crippen molar-refractivity contribution in [2.45, 2.75) is 6.92 Å². The maximum Gasteiger partial charge on any atom is 3.00 e. The molecule has 0 aliphatic rings. The molecule has 0 amide bonds. The number of carboxylic acids is 1. The zero-order valence-corrected chi connectivity index (χ0v) is 8.02. The van der Waals surface area contributed by atoms with Gasteiger partial charge in [0.1, 0.15) is 0 Å². The molecule has 6 nitrogen and oxygen atoms in total. The summed E-state index contributed by atoms with van der Waals surface area (Å²) < 4.78 is 0. The first-order chi connectivity index (χ1) is 1.73. The first-order valence-corrected chi connectivity index (χ1v) is 0.908. The second-order valence-electron chi connectivity index (χ2n) is 0.492. The molecule has 0 atom stereocenters. The van der Waals surface area contributed by atoms with Crippen LogP contribution in [0.3, 0.4) is 0 Å². The van der Waals surface area contributed by atoms with E-state index in [1.165, 1.54) is 0 Å². The van der Waals surface area contributed by atoms with Crippen LogP contribution in [0.25, 0.3) is 0 Å². The number of carbonyl (C=O) groups excluding carboxylic acids is 1. The van der Waals surface area contributed by atoms with Gasteiger partial charge in [0, 0.05) is 5.97 Å². The van der Waals surface area contributed by atoms with E-state index < -0.39 is 5.97 Å². The molecule has 7 heteroatoms. The van der Waals surface area contributed by atoms with Crippen molar-refractivity contribution in [2.75, 3.05) is 0 Å². The molecule has 57 valence electrons. The Bertz CT molecular complexity index is 34.0. The SMILES string of the molecule is CC(=O)[O-].O.O.O.O.[Nd+3]. The van der Waals surface area contributed by atoms with Gasteiger partial charge in [-0.25, -0.2) is 0 Å². The molecule has 1 radical (unpaired) electrons. The van der Waals surface area contributed by atoms with E-state index in [4.69, 9.17) is 9.90 Å². The molecule has 0 saturated carbocycles. The van der Waals surface area contributed by atoms with Crippen LogP contribution in [0.1, 0.15) is 6.92 Å². The van der Waals surface area contributed by atoms with Crippen molar-refractivity contribution in [1.29, 1.82) is 0 Å². The van der Waals surface area contributed by atoms with Gasteiger partial charge in [0.05, 0.1) is 0 Å². The van der Waals surface area contributed by atoms with Gasteiger partial charge in [0.2, 0.25) is 0 Å². The summed E-state index contributed by atoms with van der Waals surface area (Å²) in [6.07, 6.45) is 0. The average Bonchev–Trinajstić information content (AvgIpc) is 0.811. The van der Waals surface area contributed by atoms with Gasteiger partial charge in [0.25, 0.3) is 0 Å². The normalized spacial score (nSPS) is 2.78. The van der Waals surface area contributed by atoms with Crippen molar-refractivity contribution in [1.82, 2.24) is 0 Å². The molecule has 0 heterocycles. The zero-order valence-electron chi connectivity index (χ0n) is 4.82. The quantitative estimate of drug-likeness (QED) is 0.434. The Balaban J connectivity index is -0.00000000450. The Morgan fingerprint density at radius 2 is 1.11 bits per heavy atom. The number of aliphatic carboxylic acids is 1. The van der Waals surface area contributed by atoms with E-state index in [0.717, 1.165) is 6.92 Å². The Morgan fingerprint density at radius 1 is 1.11 bits per heavy atom. The van der Waals surface area contributed by atoms with Gasteiger partial charge in [0.15, 0.2) is 0 Å². The smallest absolute Gasteiger partial charge is 0.550 e. The molecule has 0 aromatic carbocycles. The molecular formula is C2H11NdO6+2. The van der Waals surface area contributed by atoms with Crippen LogP contribution in [0, 0.1) is 40.8 Å². The minimum atomic E-state index is -1.08. The predicted octanol–water partition coefficient (Wildman–Crippen LogP) is -4.54. The molecule has 0 bridgehead atoms. The van der Waals surface area contributed by atoms with E-state index in [1.54, 1.807) is 0 Å². The van der Waals surface area contributed by atoms with Crippen LogP contribution < -0.4 is 5.11 Å². The second-order valence-corrected chi connectivity index (χ2v) is 0.492. The largest absolute Gasteiger partial charge is 3.00 e. The Kier molecular flexibility index (Phi) is 228. The van der Waals surface area contributed by atoms with E-state index in [2.05, 4.69) is 0 Å². The third-order valence-corrected chi connectivity index (χ3v) is 0. The van der Waals surface area contributed by atoms with Crippen LogP contribution in [0.15, 0.2) is 0 Å². The molecule has 0 aromatic rings. The topological polar surface area (TPSA) is 166 Å². The first kappa shape index (κ1) is 54.1. The fraction of sp³-hybridized carbons (Fsp3) is 0.500. The molecule has 0 aromatic heterocycles. The molecule has 0 aliphatic carbocycles. The number of hydrogen-bond donors (Lipinski definition) is 0. The fourth-order valence-corrected chi connectivity index (χ4v) is 0. The first-order valence-electron chi connectivity index (χ1n) is 0.908. The van der Waals surface area contributed by atoms with Gasteiger partial charge in [-0.15, -0.1) is 0 Å². The molecule has 9 heavy (non-hydrogen) atoms. The number of rotatable bonds is 0. The average molecular weight is 275 g/mol. The Hall–Kier alpha value is 0.661. The summed E-state index contributed by atoms with van der Waals surface area (Å²) >= 11 is 0. The molecular weight excluding hydrogens is 264 g/mol. The second kappa shape index (κ2) is 37.9. The van der Waals surface area contributed by atoms with Gasteiger partial charge in [-0.3, -0.25) is 0 Å². The van der Waals surface area contributed by atoms with Crippen LogP contribution >= 0.6 is 0 Å². The van der Waals surface area contributed by atoms with Crippen LogP contribution in [0.2, 0.25) is 0 Å². The maximum absolute atomic E-state index is 8.89. The van der Waals surface area contributed by atoms with Crippen molar-refractivity contribution in [3.05, 3.63) is 0 Å². The number of carboxylic acid groups (broad SMARTS) is 1. The van der Waals surface area contributed by atoms with Gasteiger partial charge in [-0.05, 0) is 6.92 Å². The molecule has 0 rings (SSSR count). The van der Waals surface area contributed by atoms with Gasteiger partial charge in [-0.1, -0.05) is 0 Å². The number of carbonyl (C=O) groups is 1. The van der Waals surface area contributed by atoms with Crippen molar-refractivity contribution < 1.29 is 72.6 Å². The molecule has 0 unspecified atom stereocenters. The molecule has 0 aliphatic heterocycles. The summed E-state index contributed by atoms with van der Waals surface area (Å²) in [7, 11) is 0. The van der Waals surface area contributed by atoms with Gasteiger partial charge in [-0.2, -0.15) is 0 Å². The van der Waals surface area contributed by atoms with Crippen LogP contribution in [0.4, 0.5) is 0 Å². The molecule has 0 spiro atoms. The van der Waals surface area contributed by atoms with Crippen molar-refractivity contribution in [3.8, 4) is 0 Å². The molecule has 8 N–H and O–H groups in total. The third kappa shape index (κ3) is 880. The minimum Gasteiger partial charge on any atom is -0.550 e. The van der Waals surface area contributed by atoms with E-state index in [0.29, 0.717) is 0 Å². The van der Waals surface area contributed by atoms with Gasteiger partial charge >= 0.3 is 40.8 Å². The Labute approximate surface area is 85.0 Å². The fourth-order valence-electron chi connectivity index (χ4n) is 0. The van der Waals surface area contributed by atoms with E-state index in [1.807, 2.05) is 0 Å². The summed E-state index contributed by atoms with van der Waals surface area (Å²) in [5.74, 6) is -1.08. The summed E-state index contributed by atoms with van der Waals surface area (Å²) in [4.78, 5) is 8.89. The van der Waals surface area contributed by atoms with Crippen molar-refractivity contribution in [3.63, 3.8) is 0 Å². The monoisotopic (exact) mass is 273 g/mol. The van der Waals surface area contributed by atoms with E-state index in [-0.39, 0.29) is 62.7 Å². The summed E-state index contributed by atoms with van der Waals surface area (Å²) in [5, 5.41) is 8.89. The summed E-state index contributed by atoms with van der Waals surface area (Å²) in [5.41, 5.74) is 0. The van der Waals surface area contributed by atoms with Crippen LogP contribution in [0.5, 0.6) is 0 Å². The van der Waals surface area contributed by atoms with Gasteiger partial charge < -0.3 is 31.8 Å². The third-order valence-electron chi connectivity index (χ3n) is 0. The number of hydrogen-bond acceptors (Lipinski definition) is 2. The maximum atomic E-state index is 8.89. The van der Waals surface area contributed by atoms with Crippen molar-refractivity contribution in [2.24, 2.45) is 0 Å². The molecule has 0 fully saturated rings. The Morgan fingerprint density at radius 3 is 1.11 bits per heavy atom. The van der Waals surface area contributed by atoms with Crippen LogP contribution in [-0.4, -0.2) is 27.9 Å². The van der Waals surface area contributed by atoms with E-state index >= 15 is 0 Å². The van der Waals surface area contributed by atoms with Crippen molar-refractivity contribution >= 4 is 5.97 Å². The van der Waals surface area contributed by atoms with Crippen LogP contribution in [-0.2, 0) is 4.79 Å². The van der Waals surface area contributed by atoms with E-state index in [9.17, 15) is 0 Å².